The highest BCUT2D eigenvalue weighted by atomic mass is 32.2. The van der Waals surface area contributed by atoms with Crippen LogP contribution in [0.25, 0.3) is 0 Å². The van der Waals surface area contributed by atoms with Crippen LogP contribution in [0.1, 0.15) is 227 Å². The molecule has 0 heterocycles. The van der Waals surface area contributed by atoms with Crippen LogP contribution < -0.4 is 0 Å². The zero-order chi connectivity index (χ0) is 50.2. The predicted molar refractivity (Wildman–Crippen MR) is 292 cm³/mol. The van der Waals surface area contributed by atoms with Gasteiger partial charge < -0.3 is 37.5 Å². The van der Waals surface area contributed by atoms with Crippen LogP contribution in [-0.4, -0.2) is 102 Å². The molecule has 0 radical (unpaired) electrons. The Morgan fingerprint density at radius 3 is 1.06 bits per heavy atom. The molecule has 0 aromatic carbocycles. The lowest BCUT2D eigenvalue weighted by Crippen LogP contribution is -2.28. The Balaban J connectivity index is 4.37. The minimum Gasteiger partial charge on any atom is -0.466 e. The predicted octanol–water partition coefficient (Wildman–Crippen LogP) is 15.8. The number of esters is 2. The highest BCUT2D eigenvalue weighted by Crippen LogP contribution is 2.14. The van der Waals surface area contributed by atoms with Crippen molar-refractivity contribution in [1.29, 1.82) is 0 Å². The lowest BCUT2D eigenvalue weighted by atomic mass is 10.1. The second-order valence-electron chi connectivity index (χ2n) is 18.1. The van der Waals surface area contributed by atoms with E-state index in [9.17, 15) is 9.59 Å². The molecule has 0 atom stereocenters. The number of carbonyl (C=O) groups excluding carboxylic acids is 2. The number of allylic oxidation sites excluding steroid dienone is 8. The van der Waals surface area contributed by atoms with Gasteiger partial charge in [-0.2, -0.15) is 0 Å². The first-order valence-electron chi connectivity index (χ1n) is 28.3. The number of hydrogen-bond donors (Lipinski definition) is 0. The highest BCUT2D eigenvalue weighted by molar-refractivity contribution is 7.93. The molecule has 0 fully saturated rings. The molecule has 0 amide bonds. The molecular weight excluding hydrogens is 887 g/mol. The molecule has 0 saturated heterocycles. The van der Waals surface area contributed by atoms with Gasteiger partial charge in [0.1, 0.15) is 0 Å². The molecule has 0 bridgehead atoms. The maximum Gasteiger partial charge on any atom is 0.305 e. The van der Waals surface area contributed by atoms with E-state index in [2.05, 4.69) is 81.2 Å². The Kier molecular flexibility index (Phi) is 55.3. The van der Waals surface area contributed by atoms with Crippen molar-refractivity contribution in [3.05, 3.63) is 48.6 Å². The number of rotatable bonds is 55. The van der Waals surface area contributed by atoms with E-state index >= 15 is 0 Å². The summed E-state index contributed by atoms with van der Waals surface area (Å²) in [5.41, 5.74) is 0. The van der Waals surface area contributed by atoms with Gasteiger partial charge in [0.2, 0.25) is 0 Å². The van der Waals surface area contributed by atoms with Crippen LogP contribution in [0.15, 0.2) is 48.6 Å². The summed E-state index contributed by atoms with van der Waals surface area (Å²) in [6.07, 6.45) is 49.7. The summed E-state index contributed by atoms with van der Waals surface area (Å²) in [7, 11) is 0. The summed E-state index contributed by atoms with van der Waals surface area (Å²) < 4.78 is 41.0. The van der Waals surface area contributed by atoms with Crippen LogP contribution in [0.2, 0.25) is 0 Å². The zero-order valence-corrected chi connectivity index (χ0v) is 46.1. The number of unbranched alkanes of at least 4 members (excludes halogenated alkanes) is 16. The zero-order valence-electron chi connectivity index (χ0n) is 45.3. The van der Waals surface area contributed by atoms with Crippen molar-refractivity contribution in [3.8, 4) is 0 Å². The maximum absolute atomic E-state index is 12.6. The molecule has 69 heavy (non-hydrogen) atoms. The molecule has 11 heteroatoms. The SMILES string of the molecule is CC/C=C\CCCCOC(CCC(=O)OCCCCCCCN(CCCCCCCOC(=O)CCC(OCCCC/C=C\CC)OCCCC/C=C\CC)CCCOSC)OCCCC/C=C\CC. The Morgan fingerprint density at radius 1 is 0.391 bits per heavy atom. The van der Waals surface area contributed by atoms with Gasteiger partial charge in [-0.25, -0.2) is 0 Å². The molecule has 0 rings (SSSR count). The Hall–Kier alpha value is -1.99. The van der Waals surface area contributed by atoms with Gasteiger partial charge in [-0.1, -0.05) is 115 Å². The quantitative estimate of drug-likeness (QED) is 0.0191. The fourth-order valence-electron chi connectivity index (χ4n) is 7.57. The van der Waals surface area contributed by atoms with Crippen molar-refractivity contribution in [2.75, 3.05) is 72.1 Å². The molecule has 0 aromatic rings. The van der Waals surface area contributed by atoms with Crippen molar-refractivity contribution in [3.63, 3.8) is 0 Å². The van der Waals surface area contributed by atoms with Crippen molar-refractivity contribution in [2.24, 2.45) is 0 Å². The summed E-state index contributed by atoms with van der Waals surface area (Å²) >= 11 is 1.44. The standard InChI is InChI=1S/C58H107NO9S/c1-6-10-14-18-26-36-50-64-57(65-51-37-27-19-15-11-7-2)43-41-55(60)62-48-34-30-22-24-32-45-59(47-40-54-68-69-5)46-33-25-23-31-35-49-63-56(61)42-44-58(66-52-38-28-20-16-12-8-3)67-53-39-29-21-17-13-9-4/h10-17,57-58H,6-9,18-54H2,1-5H3/b14-10-,15-11-,16-12-,17-13-. The number of hydrogen-bond acceptors (Lipinski definition) is 11. The average Bonchev–Trinajstić information content (AvgIpc) is 3.35. The van der Waals surface area contributed by atoms with Crippen molar-refractivity contribution in [1.82, 2.24) is 4.90 Å². The van der Waals surface area contributed by atoms with Gasteiger partial charge in [0.25, 0.3) is 0 Å². The average molecular weight is 995 g/mol. The third-order valence-corrected chi connectivity index (χ3v) is 12.0. The first-order chi connectivity index (χ1) is 34.0. The van der Waals surface area contributed by atoms with E-state index in [-0.39, 0.29) is 24.5 Å². The summed E-state index contributed by atoms with van der Waals surface area (Å²) in [5.74, 6) is -0.320. The van der Waals surface area contributed by atoms with Crippen molar-refractivity contribution < 1.29 is 42.2 Å². The van der Waals surface area contributed by atoms with Crippen LogP contribution in [0.5, 0.6) is 0 Å². The first-order valence-corrected chi connectivity index (χ1v) is 29.4. The summed E-state index contributed by atoms with van der Waals surface area (Å²) in [6.45, 7) is 16.2. The van der Waals surface area contributed by atoms with Crippen LogP contribution in [0, 0.1) is 0 Å². The summed E-state index contributed by atoms with van der Waals surface area (Å²) in [4.78, 5) is 27.8. The Bertz CT molecular complexity index is 1070. The molecule has 0 aliphatic carbocycles. The van der Waals surface area contributed by atoms with Gasteiger partial charge in [-0.15, -0.1) is 0 Å². The molecule has 0 aliphatic heterocycles. The summed E-state index contributed by atoms with van der Waals surface area (Å²) in [5, 5.41) is 0. The van der Waals surface area contributed by atoms with Gasteiger partial charge in [0.05, 0.1) is 32.7 Å². The number of carbonyl (C=O) groups is 2. The van der Waals surface area contributed by atoms with Crippen LogP contribution >= 0.6 is 12.0 Å². The fourth-order valence-corrected chi connectivity index (χ4v) is 7.86. The second-order valence-corrected chi connectivity index (χ2v) is 18.7. The lowest BCUT2D eigenvalue weighted by Gasteiger charge is -2.22. The van der Waals surface area contributed by atoms with E-state index < -0.39 is 0 Å². The van der Waals surface area contributed by atoms with Gasteiger partial charge in [-0.05, 0) is 160 Å². The molecule has 404 valence electrons. The van der Waals surface area contributed by atoms with Gasteiger partial charge in [0, 0.05) is 52.1 Å². The van der Waals surface area contributed by atoms with E-state index in [1.54, 1.807) is 0 Å². The highest BCUT2D eigenvalue weighted by Gasteiger charge is 2.15. The third kappa shape index (κ3) is 52.2. The maximum atomic E-state index is 12.6. The van der Waals surface area contributed by atoms with Crippen molar-refractivity contribution in [2.45, 2.75) is 239 Å². The molecule has 0 N–H and O–H groups in total. The van der Waals surface area contributed by atoms with Crippen LogP contribution in [-0.2, 0) is 42.2 Å². The van der Waals surface area contributed by atoms with E-state index in [1.165, 1.54) is 37.7 Å². The molecule has 0 aliphatic rings. The third-order valence-electron chi connectivity index (χ3n) is 11.6. The van der Waals surface area contributed by atoms with Gasteiger partial charge >= 0.3 is 11.9 Å². The minimum absolute atomic E-state index is 0.160. The lowest BCUT2D eigenvalue weighted by molar-refractivity contribution is -0.159. The van der Waals surface area contributed by atoms with Crippen molar-refractivity contribution >= 4 is 24.0 Å². The normalized spacial score (nSPS) is 12.2. The van der Waals surface area contributed by atoms with E-state index in [4.69, 9.17) is 32.6 Å². The van der Waals surface area contributed by atoms with Crippen LogP contribution in [0.3, 0.4) is 0 Å². The van der Waals surface area contributed by atoms with E-state index in [0.717, 1.165) is 174 Å². The smallest absolute Gasteiger partial charge is 0.305 e. The molecule has 0 unspecified atom stereocenters. The Morgan fingerprint density at radius 2 is 0.710 bits per heavy atom. The fraction of sp³-hybridized carbons (Fsp3) is 0.828. The summed E-state index contributed by atoms with van der Waals surface area (Å²) in [6, 6.07) is 0. The van der Waals surface area contributed by atoms with Gasteiger partial charge in [-0.3, -0.25) is 9.59 Å². The van der Waals surface area contributed by atoms with Gasteiger partial charge in [0.15, 0.2) is 12.6 Å². The topological polar surface area (TPSA) is 102 Å². The first kappa shape index (κ1) is 67.0. The Labute approximate surface area is 429 Å². The number of ether oxygens (including phenoxy) is 6. The van der Waals surface area contributed by atoms with Crippen LogP contribution in [0.4, 0.5) is 0 Å². The molecule has 0 saturated carbocycles. The second kappa shape index (κ2) is 56.9. The molecule has 0 spiro atoms. The monoisotopic (exact) mass is 994 g/mol. The molecular formula is C58H107NO9S. The number of nitrogens with zero attached hydrogens (tertiary/aromatic N) is 1. The largest absolute Gasteiger partial charge is 0.466 e. The van der Waals surface area contributed by atoms with E-state index in [0.29, 0.717) is 65.3 Å². The molecule has 0 aromatic heterocycles. The molecule has 10 nitrogen and oxygen atoms in total. The van der Waals surface area contributed by atoms with E-state index in [1.807, 2.05) is 6.26 Å². The minimum atomic E-state index is -0.358.